The lowest BCUT2D eigenvalue weighted by Crippen LogP contribution is -2.22. The smallest absolute Gasteiger partial charge is 0.248 e. The number of halogens is 2. The molecule has 1 amide bonds. The van der Waals surface area contributed by atoms with E-state index >= 15 is 0 Å². The Labute approximate surface area is 271 Å². The number of ether oxygens (including phenoxy) is 3. The van der Waals surface area contributed by atoms with Crippen molar-refractivity contribution in [3.05, 3.63) is 94.9 Å². The summed E-state index contributed by atoms with van der Waals surface area (Å²) in [4.78, 5) is 19.3. The van der Waals surface area contributed by atoms with Gasteiger partial charge in [-0.05, 0) is 49.0 Å². The summed E-state index contributed by atoms with van der Waals surface area (Å²) in [6.45, 7) is 2.14. The van der Waals surface area contributed by atoms with E-state index in [1.165, 1.54) is 24.4 Å². The number of likely N-dealkylation sites (N-methyl/N-ethyl adjacent to an activating group) is 1. The van der Waals surface area contributed by atoms with Gasteiger partial charge in [0.25, 0.3) is 0 Å². The lowest BCUT2D eigenvalue weighted by atomic mass is 10.1. The highest BCUT2D eigenvalue weighted by molar-refractivity contribution is 6.32. The Morgan fingerprint density at radius 1 is 1.26 bits per heavy atom. The first-order valence-electron chi connectivity index (χ1n) is 14.6. The van der Waals surface area contributed by atoms with Gasteiger partial charge in [-0.15, -0.1) is 0 Å². The first-order chi connectivity index (χ1) is 22.3. The summed E-state index contributed by atoms with van der Waals surface area (Å²) >= 11 is 6.54. The van der Waals surface area contributed by atoms with Crippen molar-refractivity contribution in [1.82, 2.24) is 9.88 Å². The standard InChI is InChI=1S/C34H33ClFN5O5/c1-41(11-12-42)10-3-6-33(43)40-30-16-27-29(17-32(30)46-26-9-13-44-21-26)38-19-23(18-37)34(27)39-25-7-8-31(28(35)15-25)45-20-22-4-2-5-24(36)14-22/h2-8,14-17,19,26,42H,9-13,20-21H2,1H3,(H,38,39)(H,40,43)/t26-/m0/s1. The third-order valence-corrected chi connectivity index (χ3v) is 7.48. The highest BCUT2D eigenvalue weighted by Crippen LogP contribution is 2.38. The van der Waals surface area contributed by atoms with Crippen molar-refractivity contribution >= 4 is 45.5 Å². The van der Waals surface area contributed by atoms with E-state index in [4.69, 9.17) is 30.9 Å². The van der Waals surface area contributed by atoms with Crippen LogP contribution < -0.4 is 20.1 Å². The fourth-order valence-corrected chi connectivity index (χ4v) is 5.06. The average Bonchev–Trinajstić information content (AvgIpc) is 3.55. The largest absolute Gasteiger partial charge is 0.487 e. The summed E-state index contributed by atoms with van der Waals surface area (Å²) in [5.41, 5.74) is 2.92. The molecule has 12 heteroatoms. The first-order valence-corrected chi connectivity index (χ1v) is 15.0. The number of nitrogens with one attached hydrogen (secondary N) is 2. The van der Waals surface area contributed by atoms with Gasteiger partial charge in [0.15, 0.2) is 0 Å². The number of aliphatic hydroxyl groups is 1. The minimum absolute atomic E-state index is 0.0228. The summed E-state index contributed by atoms with van der Waals surface area (Å²) < 4.78 is 31.0. The minimum atomic E-state index is -0.371. The number of carbonyl (C=O) groups excluding carboxylic acids is 1. The van der Waals surface area contributed by atoms with Gasteiger partial charge in [-0.25, -0.2) is 4.39 Å². The van der Waals surface area contributed by atoms with Crippen molar-refractivity contribution in [2.45, 2.75) is 19.1 Å². The Morgan fingerprint density at radius 3 is 2.87 bits per heavy atom. The van der Waals surface area contributed by atoms with Crippen LogP contribution in [0.3, 0.4) is 0 Å². The molecule has 5 rings (SSSR count). The molecule has 1 aromatic heterocycles. The van der Waals surface area contributed by atoms with Crippen LogP contribution in [0.4, 0.5) is 21.5 Å². The van der Waals surface area contributed by atoms with Gasteiger partial charge in [-0.3, -0.25) is 9.78 Å². The van der Waals surface area contributed by atoms with Gasteiger partial charge in [-0.1, -0.05) is 29.8 Å². The van der Waals surface area contributed by atoms with Crippen LogP contribution in [0.25, 0.3) is 10.9 Å². The van der Waals surface area contributed by atoms with Crippen molar-refractivity contribution in [2.75, 3.05) is 50.6 Å². The van der Waals surface area contributed by atoms with Gasteiger partial charge in [0.2, 0.25) is 5.91 Å². The van der Waals surface area contributed by atoms with Crippen LogP contribution in [0, 0.1) is 17.1 Å². The summed E-state index contributed by atoms with van der Waals surface area (Å²) in [5, 5.41) is 26.1. The number of hydrogen-bond acceptors (Lipinski definition) is 9. The molecule has 46 heavy (non-hydrogen) atoms. The van der Waals surface area contributed by atoms with Gasteiger partial charge >= 0.3 is 0 Å². The number of rotatable bonds is 13. The maximum absolute atomic E-state index is 13.5. The van der Waals surface area contributed by atoms with Crippen LogP contribution >= 0.6 is 11.6 Å². The molecule has 1 fully saturated rings. The second kappa shape index (κ2) is 15.5. The molecule has 1 saturated heterocycles. The molecule has 0 aliphatic carbocycles. The van der Waals surface area contributed by atoms with Crippen LogP contribution in [0.2, 0.25) is 5.02 Å². The zero-order valence-electron chi connectivity index (χ0n) is 25.1. The molecule has 0 spiro atoms. The van der Waals surface area contributed by atoms with Crippen LogP contribution in [0.5, 0.6) is 11.5 Å². The normalized spacial score (nSPS) is 14.5. The van der Waals surface area contributed by atoms with E-state index in [-0.39, 0.29) is 36.6 Å². The number of anilines is 3. The van der Waals surface area contributed by atoms with Gasteiger partial charge < -0.3 is 34.9 Å². The SMILES string of the molecule is CN(CC=CC(=O)Nc1cc2c(Nc3ccc(OCc4cccc(F)c4)c(Cl)c3)c(C#N)cnc2cc1O[C@H]1CCOC1)CCO. The van der Waals surface area contributed by atoms with Crippen molar-refractivity contribution in [3.63, 3.8) is 0 Å². The van der Waals surface area contributed by atoms with Crippen LogP contribution in [0.1, 0.15) is 17.5 Å². The van der Waals surface area contributed by atoms with Gasteiger partial charge in [-0.2, -0.15) is 5.26 Å². The van der Waals surface area contributed by atoms with Crippen LogP contribution in [-0.4, -0.2) is 67.0 Å². The number of fused-ring (bicyclic) bond motifs is 1. The van der Waals surface area contributed by atoms with E-state index in [0.29, 0.717) is 82.8 Å². The molecule has 1 atom stereocenters. The average molecular weight is 646 g/mol. The monoisotopic (exact) mass is 645 g/mol. The number of benzene rings is 3. The number of aliphatic hydroxyl groups excluding tert-OH is 1. The number of hydrogen-bond donors (Lipinski definition) is 3. The number of aromatic nitrogens is 1. The predicted molar refractivity (Wildman–Crippen MR) is 174 cm³/mol. The molecule has 10 nitrogen and oxygen atoms in total. The molecule has 0 radical (unpaired) electrons. The van der Waals surface area contributed by atoms with Gasteiger partial charge in [0.1, 0.15) is 36.1 Å². The summed E-state index contributed by atoms with van der Waals surface area (Å²) in [6.07, 6.45) is 5.11. The fourth-order valence-electron chi connectivity index (χ4n) is 4.82. The topological polar surface area (TPSA) is 129 Å². The Morgan fingerprint density at radius 2 is 2.13 bits per heavy atom. The van der Waals surface area contributed by atoms with Gasteiger partial charge in [0, 0.05) is 48.9 Å². The molecule has 1 aliphatic heterocycles. The van der Waals surface area contributed by atoms with E-state index in [9.17, 15) is 14.4 Å². The zero-order valence-corrected chi connectivity index (χ0v) is 25.9. The number of nitriles is 1. The van der Waals surface area contributed by atoms with Crippen molar-refractivity contribution in [3.8, 4) is 17.6 Å². The molecule has 0 bridgehead atoms. The third kappa shape index (κ3) is 8.50. The number of nitrogens with zero attached hydrogens (tertiary/aromatic N) is 3. The molecular formula is C34H33ClFN5O5. The number of amides is 1. The quantitative estimate of drug-likeness (QED) is 0.154. The number of pyridine rings is 1. The Hall–Kier alpha value is -4.73. The molecule has 0 saturated carbocycles. The summed E-state index contributed by atoms with van der Waals surface area (Å²) in [5.74, 6) is 0.115. The predicted octanol–water partition coefficient (Wildman–Crippen LogP) is 5.81. The molecule has 3 N–H and O–H groups in total. The molecule has 238 valence electrons. The Kier molecular flexibility index (Phi) is 11.0. The molecule has 3 aromatic carbocycles. The van der Waals surface area contributed by atoms with E-state index in [1.807, 2.05) is 11.9 Å². The van der Waals surface area contributed by atoms with E-state index < -0.39 is 0 Å². The van der Waals surface area contributed by atoms with E-state index in [2.05, 4.69) is 21.7 Å². The Balaban J connectivity index is 1.43. The van der Waals surface area contributed by atoms with Crippen LogP contribution in [-0.2, 0) is 16.1 Å². The maximum atomic E-state index is 13.5. The maximum Gasteiger partial charge on any atom is 0.248 e. The van der Waals surface area contributed by atoms with Crippen molar-refractivity contribution < 1.29 is 28.5 Å². The first kappa shape index (κ1) is 32.7. The molecule has 2 heterocycles. The zero-order chi connectivity index (χ0) is 32.5. The number of carbonyl (C=O) groups is 1. The lowest BCUT2D eigenvalue weighted by Gasteiger charge is -2.19. The summed E-state index contributed by atoms with van der Waals surface area (Å²) in [7, 11) is 1.84. The van der Waals surface area contributed by atoms with E-state index in [1.54, 1.807) is 48.5 Å². The highest BCUT2D eigenvalue weighted by atomic mass is 35.5. The minimum Gasteiger partial charge on any atom is -0.487 e. The van der Waals surface area contributed by atoms with E-state index in [0.717, 1.165) is 0 Å². The Bertz CT molecular complexity index is 1770. The highest BCUT2D eigenvalue weighted by Gasteiger charge is 2.21. The van der Waals surface area contributed by atoms with Gasteiger partial charge in [0.05, 0.1) is 47.3 Å². The second-order valence-corrected chi connectivity index (χ2v) is 11.1. The fraction of sp³-hybridized carbons (Fsp3) is 0.265. The third-order valence-electron chi connectivity index (χ3n) is 7.18. The second-order valence-electron chi connectivity index (χ2n) is 10.7. The molecular weight excluding hydrogens is 613 g/mol. The van der Waals surface area contributed by atoms with Crippen LogP contribution in [0.15, 0.2) is 72.9 Å². The molecule has 0 unspecified atom stereocenters. The van der Waals surface area contributed by atoms with Crippen molar-refractivity contribution in [2.24, 2.45) is 0 Å². The lowest BCUT2D eigenvalue weighted by molar-refractivity contribution is -0.111. The van der Waals surface area contributed by atoms with Crippen molar-refractivity contribution in [1.29, 1.82) is 5.26 Å². The molecule has 1 aliphatic rings. The summed E-state index contributed by atoms with van der Waals surface area (Å²) in [6, 6.07) is 16.8. The molecule has 4 aromatic rings.